The first-order chi connectivity index (χ1) is 9.09. The van der Waals surface area contributed by atoms with Crippen molar-refractivity contribution in [3.63, 3.8) is 0 Å². The van der Waals surface area contributed by atoms with Crippen LogP contribution in [0.3, 0.4) is 0 Å². The molecule has 2 aliphatic heterocycles. The minimum absolute atomic E-state index is 0.103. The summed E-state index contributed by atoms with van der Waals surface area (Å²) in [7, 11) is 1.67. The van der Waals surface area contributed by atoms with Crippen LogP contribution in [0.2, 0.25) is 0 Å². The Labute approximate surface area is 114 Å². The smallest absolute Gasteiger partial charge is 0.225 e. The van der Waals surface area contributed by atoms with Gasteiger partial charge in [0.05, 0.1) is 12.0 Å². The molecular weight excluding hydrogens is 244 g/mol. The van der Waals surface area contributed by atoms with Crippen molar-refractivity contribution in [3.8, 4) is 0 Å². The molecule has 0 aromatic heterocycles. The van der Waals surface area contributed by atoms with E-state index in [4.69, 9.17) is 4.74 Å². The Hall–Kier alpha value is -1.10. The van der Waals surface area contributed by atoms with Gasteiger partial charge in [0.15, 0.2) is 0 Å². The molecule has 0 aromatic rings. The van der Waals surface area contributed by atoms with Gasteiger partial charge in [-0.05, 0) is 25.7 Å². The monoisotopic (exact) mass is 268 g/mol. The highest BCUT2D eigenvalue weighted by Gasteiger charge is 2.48. The van der Waals surface area contributed by atoms with E-state index in [0.717, 1.165) is 38.8 Å². The second kappa shape index (κ2) is 5.90. The summed E-state index contributed by atoms with van der Waals surface area (Å²) >= 11 is 0. The number of ether oxygens (including phenoxy) is 1. The van der Waals surface area contributed by atoms with Crippen molar-refractivity contribution in [1.29, 1.82) is 0 Å². The largest absolute Gasteiger partial charge is 0.385 e. The molecule has 2 fully saturated rings. The number of hydrogen-bond acceptors (Lipinski definition) is 3. The maximum atomic E-state index is 12.2. The van der Waals surface area contributed by atoms with Gasteiger partial charge in [-0.1, -0.05) is 0 Å². The molecule has 1 unspecified atom stereocenters. The van der Waals surface area contributed by atoms with Crippen LogP contribution in [0.15, 0.2) is 0 Å². The summed E-state index contributed by atoms with van der Waals surface area (Å²) < 4.78 is 5.03. The maximum absolute atomic E-state index is 12.2. The van der Waals surface area contributed by atoms with Gasteiger partial charge in [-0.15, -0.1) is 0 Å². The third-order valence-corrected chi connectivity index (χ3v) is 4.32. The molecule has 1 atom stereocenters. The van der Waals surface area contributed by atoms with E-state index in [0.29, 0.717) is 19.6 Å². The van der Waals surface area contributed by atoms with Crippen molar-refractivity contribution in [2.75, 3.05) is 33.4 Å². The second-order valence-electron chi connectivity index (χ2n) is 5.69. The lowest BCUT2D eigenvalue weighted by atomic mass is 9.85. The topological polar surface area (TPSA) is 49.9 Å². The highest BCUT2D eigenvalue weighted by atomic mass is 16.5. The first-order valence-electron chi connectivity index (χ1n) is 7.14. The predicted octanol–water partition coefficient (Wildman–Crippen LogP) is 1.03. The standard InChI is InChI=1S/C14H24N2O3/c1-12(17)16-8-4-3-6-14(16)10-13(18)15(11-14)7-5-9-19-2/h3-11H2,1-2H3. The lowest BCUT2D eigenvalue weighted by Gasteiger charge is -2.44. The van der Waals surface area contributed by atoms with Crippen molar-refractivity contribution >= 4 is 11.8 Å². The fourth-order valence-electron chi connectivity index (χ4n) is 3.43. The van der Waals surface area contributed by atoms with E-state index in [2.05, 4.69) is 0 Å². The number of likely N-dealkylation sites (tertiary alicyclic amines) is 2. The summed E-state index contributed by atoms with van der Waals surface area (Å²) in [6.45, 7) is 4.53. The van der Waals surface area contributed by atoms with Gasteiger partial charge < -0.3 is 14.5 Å². The second-order valence-corrected chi connectivity index (χ2v) is 5.69. The molecule has 0 aromatic carbocycles. The molecule has 0 saturated carbocycles. The van der Waals surface area contributed by atoms with Crippen LogP contribution in [0.5, 0.6) is 0 Å². The first-order valence-corrected chi connectivity index (χ1v) is 7.14. The SMILES string of the molecule is COCCCN1CC2(CCCCN2C(C)=O)CC1=O. The van der Waals surface area contributed by atoms with E-state index in [1.54, 1.807) is 14.0 Å². The van der Waals surface area contributed by atoms with Crippen LogP contribution < -0.4 is 0 Å². The molecule has 1 spiro atoms. The Bertz CT molecular complexity index is 359. The Kier molecular flexibility index (Phi) is 4.45. The lowest BCUT2D eigenvalue weighted by molar-refractivity contribution is -0.137. The van der Waals surface area contributed by atoms with E-state index < -0.39 is 0 Å². The highest BCUT2D eigenvalue weighted by molar-refractivity contribution is 5.83. The fourth-order valence-corrected chi connectivity index (χ4v) is 3.43. The van der Waals surface area contributed by atoms with E-state index in [-0.39, 0.29) is 17.4 Å². The van der Waals surface area contributed by atoms with Crippen molar-refractivity contribution in [1.82, 2.24) is 9.80 Å². The van der Waals surface area contributed by atoms with Gasteiger partial charge in [-0.2, -0.15) is 0 Å². The molecule has 2 heterocycles. The molecule has 2 rings (SSSR count). The Morgan fingerprint density at radius 3 is 2.89 bits per heavy atom. The zero-order chi connectivity index (χ0) is 13.9. The zero-order valence-corrected chi connectivity index (χ0v) is 12.0. The maximum Gasteiger partial charge on any atom is 0.225 e. The molecule has 2 amide bonds. The molecular formula is C14H24N2O3. The average Bonchev–Trinajstić information content (AvgIpc) is 2.67. The molecule has 5 nitrogen and oxygen atoms in total. The minimum Gasteiger partial charge on any atom is -0.385 e. The molecule has 2 aliphatic rings. The van der Waals surface area contributed by atoms with Crippen molar-refractivity contribution in [2.24, 2.45) is 0 Å². The molecule has 0 radical (unpaired) electrons. The van der Waals surface area contributed by atoms with Gasteiger partial charge in [0.1, 0.15) is 0 Å². The number of rotatable bonds is 4. The van der Waals surface area contributed by atoms with Gasteiger partial charge in [0.25, 0.3) is 0 Å². The minimum atomic E-state index is -0.228. The van der Waals surface area contributed by atoms with Gasteiger partial charge >= 0.3 is 0 Å². The number of hydrogen-bond donors (Lipinski definition) is 0. The van der Waals surface area contributed by atoms with Gasteiger partial charge in [-0.3, -0.25) is 9.59 Å². The van der Waals surface area contributed by atoms with E-state index in [1.165, 1.54) is 0 Å². The van der Waals surface area contributed by atoms with Crippen LogP contribution in [0.1, 0.15) is 39.0 Å². The third-order valence-electron chi connectivity index (χ3n) is 4.32. The van der Waals surface area contributed by atoms with Gasteiger partial charge in [0.2, 0.25) is 11.8 Å². The normalized spacial score (nSPS) is 27.4. The fraction of sp³-hybridized carbons (Fsp3) is 0.857. The third kappa shape index (κ3) is 2.91. The highest BCUT2D eigenvalue weighted by Crippen LogP contribution is 2.37. The number of carbonyl (C=O) groups excluding carboxylic acids is 2. The number of methoxy groups -OCH3 is 1. The number of piperidine rings is 1. The summed E-state index contributed by atoms with van der Waals surface area (Å²) in [5.41, 5.74) is -0.228. The summed E-state index contributed by atoms with van der Waals surface area (Å²) in [4.78, 5) is 27.8. The lowest BCUT2D eigenvalue weighted by Crippen LogP contribution is -2.55. The molecule has 19 heavy (non-hydrogen) atoms. The van der Waals surface area contributed by atoms with Crippen molar-refractivity contribution in [3.05, 3.63) is 0 Å². The number of amides is 2. The summed E-state index contributed by atoms with van der Waals surface area (Å²) in [6.07, 6.45) is 4.49. The summed E-state index contributed by atoms with van der Waals surface area (Å²) in [5.74, 6) is 0.287. The van der Waals surface area contributed by atoms with E-state index in [9.17, 15) is 9.59 Å². The Balaban J connectivity index is 2.03. The van der Waals surface area contributed by atoms with Crippen LogP contribution in [-0.2, 0) is 14.3 Å². The summed E-state index contributed by atoms with van der Waals surface area (Å²) in [6, 6.07) is 0. The first kappa shape index (κ1) is 14.3. The number of carbonyl (C=O) groups is 2. The molecule has 0 N–H and O–H groups in total. The van der Waals surface area contributed by atoms with E-state index in [1.807, 2.05) is 9.80 Å². The average molecular weight is 268 g/mol. The van der Waals surface area contributed by atoms with Crippen LogP contribution in [0.25, 0.3) is 0 Å². The van der Waals surface area contributed by atoms with Gasteiger partial charge in [0, 0.05) is 40.3 Å². The molecule has 0 aliphatic carbocycles. The summed E-state index contributed by atoms with van der Waals surface area (Å²) in [5, 5.41) is 0. The van der Waals surface area contributed by atoms with Crippen molar-refractivity contribution in [2.45, 2.75) is 44.6 Å². The zero-order valence-electron chi connectivity index (χ0n) is 12.0. The number of nitrogens with zero attached hydrogens (tertiary/aromatic N) is 2. The van der Waals surface area contributed by atoms with Gasteiger partial charge in [-0.25, -0.2) is 0 Å². The molecule has 108 valence electrons. The van der Waals surface area contributed by atoms with Crippen LogP contribution >= 0.6 is 0 Å². The quantitative estimate of drug-likeness (QED) is 0.715. The van der Waals surface area contributed by atoms with Crippen LogP contribution in [0, 0.1) is 0 Å². The molecule has 2 saturated heterocycles. The molecule has 5 heteroatoms. The van der Waals surface area contributed by atoms with E-state index >= 15 is 0 Å². The van der Waals surface area contributed by atoms with Crippen LogP contribution in [-0.4, -0.2) is 60.5 Å². The van der Waals surface area contributed by atoms with Crippen molar-refractivity contribution < 1.29 is 14.3 Å². The molecule has 0 bridgehead atoms. The predicted molar refractivity (Wildman–Crippen MR) is 71.7 cm³/mol. The Morgan fingerprint density at radius 2 is 2.21 bits per heavy atom. The Morgan fingerprint density at radius 1 is 1.42 bits per heavy atom. The van der Waals surface area contributed by atoms with Crippen LogP contribution in [0.4, 0.5) is 0 Å².